The van der Waals surface area contributed by atoms with Gasteiger partial charge in [-0.15, -0.1) is 0 Å². The fraction of sp³-hybridized carbons (Fsp3) is 0.350. The zero-order valence-electron chi connectivity index (χ0n) is 14.5. The molecule has 0 saturated carbocycles. The minimum Gasteiger partial charge on any atom is -0.350 e. The molecule has 1 atom stereocenters. The number of nitrogens with zero attached hydrogens (tertiary/aromatic N) is 1. The summed E-state index contributed by atoms with van der Waals surface area (Å²) in [4.78, 5) is 36.1. The fourth-order valence-corrected chi connectivity index (χ4v) is 2.69. The Morgan fingerprint density at radius 1 is 1.08 bits per heavy atom. The van der Waals surface area contributed by atoms with Crippen molar-refractivity contribution < 1.29 is 14.4 Å². The third-order valence-corrected chi connectivity index (χ3v) is 4.23. The molecule has 0 bridgehead atoms. The van der Waals surface area contributed by atoms with Crippen LogP contribution in [0.4, 0.5) is 0 Å². The van der Waals surface area contributed by atoms with Crippen molar-refractivity contribution in [3.63, 3.8) is 0 Å². The Hall–Kier alpha value is -2.69. The molecule has 3 amide bonds. The van der Waals surface area contributed by atoms with E-state index in [1.165, 1.54) is 17.1 Å². The Kier molecular flexibility index (Phi) is 6.69. The molecule has 0 radical (unpaired) electrons. The minimum absolute atomic E-state index is 0.0143. The summed E-state index contributed by atoms with van der Waals surface area (Å²) < 4.78 is 0. The van der Waals surface area contributed by atoms with Gasteiger partial charge in [0.1, 0.15) is 0 Å². The smallest absolute Gasteiger partial charge is 0.253 e. The van der Waals surface area contributed by atoms with E-state index in [9.17, 15) is 14.4 Å². The molecule has 5 heteroatoms. The SMILES string of the molecule is C=C(c1ccccc1)[C@H](C)NC(=O)CCCCCN1C(=O)C=CC1=O. The van der Waals surface area contributed by atoms with Crippen molar-refractivity contribution in [3.8, 4) is 0 Å². The number of benzene rings is 1. The van der Waals surface area contributed by atoms with Crippen molar-refractivity contribution in [1.82, 2.24) is 10.2 Å². The van der Waals surface area contributed by atoms with Gasteiger partial charge in [-0.05, 0) is 30.9 Å². The van der Waals surface area contributed by atoms with E-state index in [1.54, 1.807) is 0 Å². The van der Waals surface area contributed by atoms with Gasteiger partial charge < -0.3 is 5.32 Å². The second-order valence-electron chi connectivity index (χ2n) is 6.15. The van der Waals surface area contributed by atoms with Crippen LogP contribution >= 0.6 is 0 Å². The van der Waals surface area contributed by atoms with Gasteiger partial charge >= 0.3 is 0 Å². The van der Waals surface area contributed by atoms with E-state index in [0.29, 0.717) is 19.4 Å². The molecule has 1 N–H and O–H groups in total. The molecule has 0 aromatic heterocycles. The van der Waals surface area contributed by atoms with Crippen LogP contribution in [-0.2, 0) is 14.4 Å². The van der Waals surface area contributed by atoms with Crippen molar-refractivity contribution in [2.45, 2.75) is 38.6 Å². The van der Waals surface area contributed by atoms with Crippen molar-refractivity contribution in [3.05, 3.63) is 54.6 Å². The van der Waals surface area contributed by atoms with Gasteiger partial charge in [0.25, 0.3) is 11.8 Å². The van der Waals surface area contributed by atoms with Crippen molar-refractivity contribution in [2.24, 2.45) is 0 Å². The van der Waals surface area contributed by atoms with Crippen LogP contribution in [0.5, 0.6) is 0 Å². The maximum absolute atomic E-state index is 12.0. The number of unbranched alkanes of at least 4 members (excludes halogenated alkanes) is 2. The number of carbonyl (C=O) groups is 3. The average molecular weight is 340 g/mol. The predicted molar refractivity (Wildman–Crippen MR) is 97.4 cm³/mol. The van der Waals surface area contributed by atoms with Gasteiger partial charge in [0.05, 0.1) is 6.04 Å². The third-order valence-electron chi connectivity index (χ3n) is 4.23. The summed E-state index contributed by atoms with van der Waals surface area (Å²) in [6, 6.07) is 9.66. The number of hydrogen-bond acceptors (Lipinski definition) is 3. The van der Waals surface area contributed by atoms with Crippen molar-refractivity contribution in [1.29, 1.82) is 0 Å². The molecule has 1 aromatic carbocycles. The van der Waals surface area contributed by atoms with Gasteiger partial charge in [-0.25, -0.2) is 0 Å². The molecule has 25 heavy (non-hydrogen) atoms. The van der Waals surface area contributed by atoms with E-state index in [0.717, 1.165) is 24.0 Å². The van der Waals surface area contributed by atoms with Gasteiger partial charge in [-0.1, -0.05) is 43.3 Å². The number of rotatable bonds is 9. The molecule has 0 spiro atoms. The van der Waals surface area contributed by atoms with Crippen LogP contribution in [-0.4, -0.2) is 35.2 Å². The van der Waals surface area contributed by atoms with Gasteiger partial charge in [0.2, 0.25) is 5.91 Å². The lowest BCUT2D eigenvalue weighted by atomic mass is 10.0. The molecule has 1 aliphatic rings. The molecule has 5 nitrogen and oxygen atoms in total. The normalized spacial score (nSPS) is 14.7. The summed E-state index contributed by atoms with van der Waals surface area (Å²) in [6.45, 7) is 6.39. The van der Waals surface area contributed by atoms with Crippen LogP contribution in [0.3, 0.4) is 0 Å². The van der Waals surface area contributed by atoms with Crippen LogP contribution in [0.15, 0.2) is 49.1 Å². The molecule has 0 fully saturated rings. The highest BCUT2D eigenvalue weighted by Gasteiger charge is 2.22. The van der Waals surface area contributed by atoms with Gasteiger partial charge in [0, 0.05) is 25.1 Å². The van der Waals surface area contributed by atoms with E-state index in [-0.39, 0.29) is 23.8 Å². The van der Waals surface area contributed by atoms with E-state index < -0.39 is 0 Å². The van der Waals surface area contributed by atoms with Crippen LogP contribution in [0.2, 0.25) is 0 Å². The lowest BCUT2D eigenvalue weighted by molar-refractivity contribution is -0.137. The van der Waals surface area contributed by atoms with Crippen LogP contribution < -0.4 is 5.32 Å². The maximum Gasteiger partial charge on any atom is 0.253 e. The maximum atomic E-state index is 12.0. The zero-order valence-corrected chi connectivity index (χ0v) is 14.5. The lowest BCUT2D eigenvalue weighted by Gasteiger charge is -2.17. The second-order valence-corrected chi connectivity index (χ2v) is 6.15. The van der Waals surface area contributed by atoms with Crippen LogP contribution in [0.25, 0.3) is 5.57 Å². The molecule has 0 aliphatic carbocycles. The summed E-state index contributed by atoms with van der Waals surface area (Å²) >= 11 is 0. The number of hydrogen-bond donors (Lipinski definition) is 1. The standard InChI is InChI=1S/C20H24N2O3/c1-15(17-9-5-3-6-10-17)16(2)21-18(23)11-7-4-8-14-22-19(24)12-13-20(22)25/h3,5-6,9-10,12-13,16H,1,4,7-8,11,14H2,2H3,(H,21,23)/t16-/m0/s1. The highest BCUT2D eigenvalue weighted by molar-refractivity contribution is 6.12. The number of nitrogens with one attached hydrogen (secondary N) is 1. The van der Waals surface area contributed by atoms with Gasteiger partial charge in [0.15, 0.2) is 0 Å². The summed E-state index contributed by atoms with van der Waals surface area (Å²) in [5, 5.41) is 2.96. The molecule has 2 rings (SSSR count). The summed E-state index contributed by atoms with van der Waals surface area (Å²) in [5.41, 5.74) is 1.90. The Labute approximate surface area is 148 Å². The second kappa shape index (κ2) is 8.97. The summed E-state index contributed by atoms with van der Waals surface area (Å²) in [5.74, 6) is -0.522. The first kappa shape index (κ1) is 18.6. The Morgan fingerprint density at radius 3 is 2.36 bits per heavy atom. The lowest BCUT2D eigenvalue weighted by Crippen LogP contribution is -2.33. The molecule has 0 saturated heterocycles. The molecule has 1 aromatic rings. The molecule has 0 unspecified atom stereocenters. The van der Waals surface area contributed by atoms with Crippen LogP contribution in [0.1, 0.15) is 38.2 Å². The van der Waals surface area contributed by atoms with Crippen molar-refractivity contribution >= 4 is 23.3 Å². The molecule has 132 valence electrons. The molecule has 1 aliphatic heterocycles. The van der Waals surface area contributed by atoms with Gasteiger partial charge in [-0.3, -0.25) is 19.3 Å². The first-order valence-electron chi connectivity index (χ1n) is 8.56. The monoisotopic (exact) mass is 340 g/mol. The summed E-state index contributed by atoms with van der Waals surface area (Å²) in [7, 11) is 0. The molecular weight excluding hydrogens is 316 g/mol. The molecular formula is C20H24N2O3. The Morgan fingerprint density at radius 2 is 1.72 bits per heavy atom. The first-order valence-corrected chi connectivity index (χ1v) is 8.56. The minimum atomic E-state index is -0.254. The van der Waals surface area contributed by atoms with Gasteiger partial charge in [-0.2, -0.15) is 0 Å². The number of imide groups is 1. The predicted octanol–water partition coefficient (Wildman–Crippen LogP) is 2.69. The molecule has 1 heterocycles. The third kappa shape index (κ3) is 5.41. The first-order chi connectivity index (χ1) is 12.0. The fourth-order valence-electron chi connectivity index (χ4n) is 2.69. The highest BCUT2D eigenvalue weighted by atomic mass is 16.2. The van der Waals surface area contributed by atoms with E-state index in [4.69, 9.17) is 0 Å². The van der Waals surface area contributed by atoms with Crippen LogP contribution in [0, 0.1) is 0 Å². The zero-order chi connectivity index (χ0) is 18.2. The quantitative estimate of drug-likeness (QED) is 0.555. The summed E-state index contributed by atoms with van der Waals surface area (Å²) in [6.07, 6.45) is 5.22. The topological polar surface area (TPSA) is 66.5 Å². The Bertz CT molecular complexity index is 661. The highest BCUT2D eigenvalue weighted by Crippen LogP contribution is 2.16. The average Bonchev–Trinajstić information content (AvgIpc) is 2.93. The van der Waals surface area contributed by atoms with Crippen molar-refractivity contribution in [2.75, 3.05) is 6.54 Å². The number of amides is 3. The van der Waals surface area contributed by atoms with E-state index >= 15 is 0 Å². The van der Waals surface area contributed by atoms with E-state index in [1.807, 2.05) is 37.3 Å². The largest absolute Gasteiger partial charge is 0.350 e. The van der Waals surface area contributed by atoms with E-state index in [2.05, 4.69) is 11.9 Å². The Balaban J connectivity index is 1.63. The number of carbonyl (C=O) groups excluding carboxylic acids is 3.